The van der Waals surface area contributed by atoms with Crippen molar-refractivity contribution in [3.8, 4) is 0 Å². The fourth-order valence-electron chi connectivity index (χ4n) is 2.20. The zero-order valence-electron chi connectivity index (χ0n) is 14.4. The fraction of sp³-hybridized carbons (Fsp3) is 0.526. The molecule has 0 saturated heterocycles. The van der Waals surface area contributed by atoms with E-state index in [0.29, 0.717) is 12.0 Å². The van der Waals surface area contributed by atoms with Crippen molar-refractivity contribution in [1.29, 1.82) is 0 Å². The molecular formula is C19H30N2. The summed E-state index contributed by atoms with van der Waals surface area (Å²) in [5, 5.41) is 0. The molecule has 2 nitrogen and oxygen atoms in total. The van der Waals surface area contributed by atoms with Crippen molar-refractivity contribution in [3.63, 3.8) is 0 Å². The molecular weight excluding hydrogens is 256 g/mol. The molecule has 1 atom stereocenters. The van der Waals surface area contributed by atoms with Crippen LogP contribution in [0.5, 0.6) is 0 Å². The standard InChI is InChI=1S/C19H30N2/c1-7-17(14(2)3)21-18(19(4,5)6)13-16(20)15-11-9-8-10-12-15/h8-14,17H,7,20H2,1-6H3/b16-13-,21-18+. The minimum atomic E-state index is -0.0122. The van der Waals surface area contributed by atoms with Gasteiger partial charge >= 0.3 is 0 Å². The van der Waals surface area contributed by atoms with Gasteiger partial charge in [-0.3, -0.25) is 4.99 Å². The van der Waals surface area contributed by atoms with E-state index >= 15 is 0 Å². The molecule has 21 heavy (non-hydrogen) atoms. The normalized spacial score (nSPS) is 15.4. The highest BCUT2D eigenvalue weighted by Crippen LogP contribution is 2.23. The second-order valence-corrected chi connectivity index (χ2v) is 6.95. The number of aliphatic imine (C=N–C) groups is 1. The van der Waals surface area contributed by atoms with Crippen molar-refractivity contribution in [2.75, 3.05) is 0 Å². The van der Waals surface area contributed by atoms with Gasteiger partial charge in [0.1, 0.15) is 0 Å². The lowest BCUT2D eigenvalue weighted by Gasteiger charge is -2.24. The summed E-state index contributed by atoms with van der Waals surface area (Å²) >= 11 is 0. The van der Waals surface area contributed by atoms with Crippen LogP contribution in [0.2, 0.25) is 0 Å². The zero-order chi connectivity index (χ0) is 16.0. The molecule has 0 heterocycles. The molecule has 0 radical (unpaired) electrons. The van der Waals surface area contributed by atoms with Gasteiger partial charge in [-0.25, -0.2) is 0 Å². The molecule has 2 heteroatoms. The van der Waals surface area contributed by atoms with E-state index < -0.39 is 0 Å². The van der Waals surface area contributed by atoms with Crippen molar-refractivity contribution in [2.24, 2.45) is 22.1 Å². The Labute approximate surface area is 130 Å². The first-order valence-corrected chi connectivity index (χ1v) is 7.86. The molecule has 1 unspecified atom stereocenters. The molecule has 1 rings (SSSR count). The van der Waals surface area contributed by atoms with Crippen LogP contribution in [0.4, 0.5) is 0 Å². The maximum Gasteiger partial charge on any atom is 0.0523 e. The van der Waals surface area contributed by atoms with Crippen LogP contribution in [-0.4, -0.2) is 11.8 Å². The van der Waals surface area contributed by atoms with Crippen LogP contribution in [0, 0.1) is 11.3 Å². The smallest absolute Gasteiger partial charge is 0.0523 e. The van der Waals surface area contributed by atoms with Gasteiger partial charge in [0.15, 0.2) is 0 Å². The van der Waals surface area contributed by atoms with Gasteiger partial charge in [-0.15, -0.1) is 0 Å². The molecule has 1 aromatic carbocycles. The third-order valence-corrected chi connectivity index (χ3v) is 3.66. The van der Waals surface area contributed by atoms with Crippen molar-refractivity contribution >= 4 is 11.4 Å². The molecule has 0 aromatic heterocycles. The maximum atomic E-state index is 6.27. The Hall–Kier alpha value is -1.57. The maximum absolute atomic E-state index is 6.27. The quantitative estimate of drug-likeness (QED) is 0.767. The lowest BCUT2D eigenvalue weighted by molar-refractivity contribution is 0.474. The second-order valence-electron chi connectivity index (χ2n) is 6.95. The summed E-state index contributed by atoms with van der Waals surface area (Å²) in [6.45, 7) is 13.2. The van der Waals surface area contributed by atoms with E-state index in [1.54, 1.807) is 0 Å². The van der Waals surface area contributed by atoms with E-state index in [9.17, 15) is 0 Å². The number of allylic oxidation sites excluding steroid dienone is 1. The number of nitrogens with two attached hydrogens (primary N) is 1. The summed E-state index contributed by atoms with van der Waals surface area (Å²) in [7, 11) is 0. The van der Waals surface area contributed by atoms with Crippen molar-refractivity contribution in [1.82, 2.24) is 0 Å². The van der Waals surface area contributed by atoms with Crippen LogP contribution in [-0.2, 0) is 0 Å². The average Bonchev–Trinajstić information content (AvgIpc) is 2.42. The molecule has 0 bridgehead atoms. The van der Waals surface area contributed by atoms with E-state index in [0.717, 1.165) is 23.4 Å². The number of hydrogen-bond acceptors (Lipinski definition) is 2. The average molecular weight is 286 g/mol. The lowest BCUT2D eigenvalue weighted by Crippen LogP contribution is -2.24. The van der Waals surface area contributed by atoms with Gasteiger partial charge in [0, 0.05) is 16.8 Å². The van der Waals surface area contributed by atoms with Crippen LogP contribution in [0.1, 0.15) is 53.5 Å². The predicted molar refractivity (Wildman–Crippen MR) is 94.4 cm³/mol. The van der Waals surface area contributed by atoms with Gasteiger partial charge in [0.25, 0.3) is 0 Å². The first kappa shape index (κ1) is 17.5. The van der Waals surface area contributed by atoms with Crippen molar-refractivity contribution < 1.29 is 0 Å². The Morgan fingerprint density at radius 2 is 1.76 bits per heavy atom. The van der Waals surface area contributed by atoms with Crippen molar-refractivity contribution in [2.45, 2.75) is 54.0 Å². The minimum Gasteiger partial charge on any atom is -0.398 e. The summed E-state index contributed by atoms with van der Waals surface area (Å²) in [5.41, 5.74) is 9.16. The Morgan fingerprint density at radius 1 is 1.19 bits per heavy atom. The molecule has 1 aromatic rings. The molecule has 0 spiro atoms. The predicted octanol–water partition coefficient (Wildman–Crippen LogP) is 4.91. The summed E-state index contributed by atoms with van der Waals surface area (Å²) in [6, 6.07) is 10.4. The van der Waals surface area contributed by atoms with Crippen LogP contribution in [0.25, 0.3) is 5.70 Å². The van der Waals surface area contributed by atoms with Gasteiger partial charge in [-0.2, -0.15) is 0 Å². The Morgan fingerprint density at radius 3 is 2.19 bits per heavy atom. The largest absolute Gasteiger partial charge is 0.398 e. The summed E-state index contributed by atoms with van der Waals surface area (Å²) in [5.74, 6) is 0.540. The van der Waals surface area contributed by atoms with E-state index in [-0.39, 0.29) is 5.41 Å². The SMILES string of the molecule is CCC(/N=C(\C=C(/N)c1ccccc1)C(C)(C)C)C(C)C. The molecule has 0 aliphatic carbocycles. The first-order chi connectivity index (χ1) is 9.75. The Balaban J connectivity index is 3.19. The van der Waals surface area contributed by atoms with Gasteiger partial charge in [-0.1, -0.05) is 71.9 Å². The third kappa shape index (κ3) is 5.37. The summed E-state index contributed by atoms with van der Waals surface area (Å²) < 4.78 is 0. The molecule has 0 saturated carbocycles. The highest BCUT2D eigenvalue weighted by atomic mass is 14.8. The Kier molecular flexibility index (Phi) is 6.19. The van der Waals surface area contributed by atoms with Gasteiger partial charge in [-0.05, 0) is 24.0 Å². The first-order valence-electron chi connectivity index (χ1n) is 7.86. The second kappa shape index (κ2) is 7.44. The number of nitrogens with zero attached hydrogens (tertiary/aromatic N) is 1. The van der Waals surface area contributed by atoms with Crippen LogP contribution in [0.3, 0.4) is 0 Å². The fourth-order valence-corrected chi connectivity index (χ4v) is 2.20. The summed E-state index contributed by atoms with van der Waals surface area (Å²) in [4.78, 5) is 4.99. The van der Waals surface area contributed by atoms with E-state index in [4.69, 9.17) is 10.7 Å². The van der Waals surface area contributed by atoms with Gasteiger partial charge in [0.2, 0.25) is 0 Å². The molecule has 0 aliphatic heterocycles. The van der Waals surface area contributed by atoms with Crippen LogP contribution < -0.4 is 5.73 Å². The van der Waals surface area contributed by atoms with Crippen LogP contribution >= 0.6 is 0 Å². The zero-order valence-corrected chi connectivity index (χ0v) is 14.4. The van der Waals surface area contributed by atoms with E-state index in [1.165, 1.54) is 0 Å². The van der Waals surface area contributed by atoms with E-state index in [1.807, 2.05) is 36.4 Å². The topological polar surface area (TPSA) is 38.4 Å². The van der Waals surface area contributed by atoms with Crippen molar-refractivity contribution in [3.05, 3.63) is 42.0 Å². The minimum absolute atomic E-state index is 0.0122. The number of hydrogen-bond donors (Lipinski definition) is 1. The van der Waals surface area contributed by atoms with Crippen LogP contribution in [0.15, 0.2) is 41.4 Å². The summed E-state index contributed by atoms with van der Waals surface area (Å²) in [6.07, 6.45) is 3.09. The lowest BCUT2D eigenvalue weighted by atomic mass is 9.88. The highest BCUT2D eigenvalue weighted by Gasteiger charge is 2.20. The molecule has 116 valence electrons. The number of benzene rings is 1. The number of rotatable bonds is 5. The molecule has 0 amide bonds. The van der Waals surface area contributed by atoms with E-state index in [2.05, 4.69) is 41.5 Å². The molecule has 0 fully saturated rings. The molecule has 2 N–H and O–H groups in total. The van der Waals surface area contributed by atoms with Gasteiger partial charge in [0.05, 0.1) is 6.04 Å². The van der Waals surface area contributed by atoms with Gasteiger partial charge < -0.3 is 5.73 Å². The Bertz CT molecular complexity index is 490. The third-order valence-electron chi connectivity index (χ3n) is 3.66. The highest BCUT2D eigenvalue weighted by molar-refractivity contribution is 6.03. The monoisotopic (exact) mass is 286 g/mol. The molecule has 0 aliphatic rings.